The normalized spacial score (nSPS) is 11.4. The Balaban J connectivity index is 2.14. The minimum atomic E-state index is -1.24. The lowest BCUT2D eigenvalue weighted by atomic mass is 10.1. The molecule has 0 radical (unpaired) electrons. The molecule has 1 unspecified atom stereocenters. The number of carbonyl (C=O) groups excluding carboxylic acids is 1. The number of benzene rings is 2. The van der Waals surface area contributed by atoms with Crippen molar-refractivity contribution < 1.29 is 9.90 Å². The van der Waals surface area contributed by atoms with E-state index in [4.69, 9.17) is 5.26 Å². The fraction of sp³-hybridized carbons (Fsp3) is 0.0667. The Kier molecular flexibility index (Phi) is 4.51. The SMILES string of the molecule is N#Cc1ccc(NC(=O)C(O)c2ccccc2)c(Br)c1. The molecule has 0 aliphatic heterocycles. The Bertz CT molecular complexity index is 665. The smallest absolute Gasteiger partial charge is 0.257 e. The first kappa shape index (κ1) is 14.3. The average molecular weight is 331 g/mol. The number of nitrogens with zero attached hydrogens (tertiary/aromatic N) is 1. The summed E-state index contributed by atoms with van der Waals surface area (Å²) in [5.41, 5.74) is 1.51. The van der Waals surface area contributed by atoms with Crippen molar-refractivity contribution in [1.29, 1.82) is 5.26 Å². The molecule has 0 fully saturated rings. The molecule has 1 atom stereocenters. The number of nitriles is 1. The molecular weight excluding hydrogens is 320 g/mol. The molecule has 0 heterocycles. The molecule has 0 bridgehead atoms. The molecule has 2 N–H and O–H groups in total. The lowest BCUT2D eigenvalue weighted by Gasteiger charge is -2.12. The number of aliphatic hydroxyl groups excluding tert-OH is 1. The van der Waals surface area contributed by atoms with Gasteiger partial charge in [-0.25, -0.2) is 0 Å². The van der Waals surface area contributed by atoms with Crippen molar-refractivity contribution in [2.24, 2.45) is 0 Å². The molecule has 0 saturated heterocycles. The van der Waals surface area contributed by atoms with Crippen molar-refractivity contribution in [3.8, 4) is 6.07 Å². The van der Waals surface area contributed by atoms with Crippen LogP contribution in [0.25, 0.3) is 0 Å². The summed E-state index contributed by atoms with van der Waals surface area (Å²) in [5.74, 6) is -0.526. The maximum absolute atomic E-state index is 12.0. The average Bonchev–Trinajstić information content (AvgIpc) is 2.49. The van der Waals surface area contributed by atoms with Crippen LogP contribution in [-0.2, 0) is 4.79 Å². The van der Waals surface area contributed by atoms with Gasteiger partial charge in [0.2, 0.25) is 0 Å². The van der Waals surface area contributed by atoms with Gasteiger partial charge in [0, 0.05) is 4.47 Å². The summed E-state index contributed by atoms with van der Waals surface area (Å²) >= 11 is 3.27. The highest BCUT2D eigenvalue weighted by atomic mass is 79.9. The van der Waals surface area contributed by atoms with E-state index >= 15 is 0 Å². The van der Waals surface area contributed by atoms with Gasteiger partial charge < -0.3 is 10.4 Å². The number of aliphatic hydroxyl groups is 1. The number of halogens is 1. The lowest BCUT2D eigenvalue weighted by Crippen LogP contribution is -2.21. The van der Waals surface area contributed by atoms with Crippen LogP contribution in [0, 0.1) is 11.3 Å². The first-order valence-corrected chi connectivity index (χ1v) is 6.64. The summed E-state index contributed by atoms with van der Waals surface area (Å²) in [7, 11) is 0. The van der Waals surface area contributed by atoms with Crippen LogP contribution in [0.15, 0.2) is 53.0 Å². The van der Waals surface area contributed by atoms with Gasteiger partial charge >= 0.3 is 0 Å². The van der Waals surface area contributed by atoms with Crippen LogP contribution in [0.2, 0.25) is 0 Å². The van der Waals surface area contributed by atoms with Gasteiger partial charge in [-0.3, -0.25) is 4.79 Å². The highest BCUT2D eigenvalue weighted by Gasteiger charge is 2.17. The number of carbonyl (C=O) groups is 1. The van der Waals surface area contributed by atoms with Gasteiger partial charge in [0.15, 0.2) is 6.10 Å². The molecule has 1 amide bonds. The van der Waals surface area contributed by atoms with Crippen LogP contribution < -0.4 is 5.32 Å². The van der Waals surface area contributed by atoms with Crippen molar-refractivity contribution in [2.45, 2.75) is 6.10 Å². The zero-order chi connectivity index (χ0) is 14.5. The van der Waals surface area contributed by atoms with Crippen LogP contribution >= 0.6 is 15.9 Å². The molecule has 0 aliphatic carbocycles. The molecule has 0 aromatic heterocycles. The quantitative estimate of drug-likeness (QED) is 0.908. The second-order valence-corrected chi connectivity index (χ2v) is 4.96. The van der Waals surface area contributed by atoms with E-state index in [0.717, 1.165) is 0 Å². The van der Waals surface area contributed by atoms with Crippen molar-refractivity contribution in [2.75, 3.05) is 5.32 Å². The van der Waals surface area contributed by atoms with E-state index in [1.807, 2.05) is 12.1 Å². The summed E-state index contributed by atoms with van der Waals surface area (Å²) in [6.07, 6.45) is -1.24. The van der Waals surface area contributed by atoms with E-state index in [0.29, 0.717) is 21.3 Å². The van der Waals surface area contributed by atoms with Crippen molar-refractivity contribution in [1.82, 2.24) is 0 Å². The standard InChI is InChI=1S/C15H11BrN2O2/c16-12-8-10(9-17)6-7-13(12)18-15(20)14(19)11-4-2-1-3-5-11/h1-8,14,19H,(H,18,20). The number of hydrogen-bond acceptors (Lipinski definition) is 3. The fourth-order valence-electron chi connectivity index (χ4n) is 1.67. The maximum atomic E-state index is 12.0. The Morgan fingerprint density at radius 1 is 1.25 bits per heavy atom. The van der Waals surface area contributed by atoms with E-state index in [-0.39, 0.29) is 0 Å². The van der Waals surface area contributed by atoms with Gasteiger partial charge in [0.05, 0.1) is 17.3 Å². The molecule has 2 aromatic rings. The van der Waals surface area contributed by atoms with Crippen LogP contribution in [0.1, 0.15) is 17.2 Å². The predicted octanol–water partition coefficient (Wildman–Crippen LogP) is 2.99. The Morgan fingerprint density at radius 2 is 1.95 bits per heavy atom. The molecule has 20 heavy (non-hydrogen) atoms. The number of hydrogen-bond donors (Lipinski definition) is 2. The zero-order valence-corrected chi connectivity index (χ0v) is 12.0. The maximum Gasteiger partial charge on any atom is 0.257 e. The summed E-state index contributed by atoms with van der Waals surface area (Å²) in [5, 5.41) is 21.4. The molecule has 100 valence electrons. The van der Waals surface area contributed by atoms with Gasteiger partial charge in [-0.05, 0) is 39.7 Å². The Morgan fingerprint density at radius 3 is 2.55 bits per heavy atom. The number of nitrogens with one attached hydrogen (secondary N) is 1. The minimum Gasteiger partial charge on any atom is -0.378 e. The zero-order valence-electron chi connectivity index (χ0n) is 10.4. The number of amides is 1. The summed E-state index contributed by atoms with van der Waals surface area (Å²) in [4.78, 5) is 12.0. The topological polar surface area (TPSA) is 73.1 Å². The van der Waals surface area contributed by atoms with Gasteiger partial charge in [0.25, 0.3) is 5.91 Å². The largest absolute Gasteiger partial charge is 0.378 e. The van der Waals surface area contributed by atoms with Gasteiger partial charge in [-0.2, -0.15) is 5.26 Å². The number of anilines is 1. The summed E-state index contributed by atoms with van der Waals surface area (Å²) in [6, 6.07) is 15.5. The number of rotatable bonds is 3. The first-order valence-electron chi connectivity index (χ1n) is 5.85. The molecule has 5 heteroatoms. The van der Waals surface area contributed by atoms with Crippen molar-refractivity contribution >= 4 is 27.5 Å². The molecule has 0 aliphatic rings. The second kappa shape index (κ2) is 6.33. The predicted molar refractivity (Wildman–Crippen MR) is 78.9 cm³/mol. The second-order valence-electron chi connectivity index (χ2n) is 4.11. The van der Waals surface area contributed by atoms with Crippen molar-refractivity contribution in [3.63, 3.8) is 0 Å². The van der Waals surface area contributed by atoms with Gasteiger partial charge in [0.1, 0.15) is 0 Å². The lowest BCUT2D eigenvalue weighted by molar-refractivity contribution is -0.124. The summed E-state index contributed by atoms with van der Waals surface area (Å²) in [6.45, 7) is 0. The van der Waals surface area contributed by atoms with E-state index in [2.05, 4.69) is 21.2 Å². The highest BCUT2D eigenvalue weighted by Crippen LogP contribution is 2.25. The van der Waals surface area contributed by atoms with Crippen LogP contribution in [0.5, 0.6) is 0 Å². The van der Waals surface area contributed by atoms with Crippen molar-refractivity contribution in [3.05, 3.63) is 64.1 Å². The van der Waals surface area contributed by atoms with E-state index in [1.165, 1.54) is 0 Å². The molecular formula is C15H11BrN2O2. The van der Waals surface area contributed by atoms with Gasteiger partial charge in [-0.15, -0.1) is 0 Å². The van der Waals surface area contributed by atoms with E-state index in [1.54, 1.807) is 42.5 Å². The third-order valence-corrected chi connectivity index (χ3v) is 3.38. The summed E-state index contributed by atoms with van der Waals surface area (Å²) < 4.78 is 0.588. The third-order valence-electron chi connectivity index (χ3n) is 2.72. The molecule has 2 rings (SSSR count). The monoisotopic (exact) mass is 330 g/mol. The van der Waals surface area contributed by atoms with Crippen LogP contribution in [0.4, 0.5) is 5.69 Å². The first-order chi connectivity index (χ1) is 9.61. The van der Waals surface area contributed by atoms with Crippen LogP contribution in [-0.4, -0.2) is 11.0 Å². The molecule has 4 nitrogen and oxygen atoms in total. The molecule has 0 spiro atoms. The fourth-order valence-corrected chi connectivity index (χ4v) is 2.15. The van der Waals surface area contributed by atoms with E-state index < -0.39 is 12.0 Å². The Hall–Kier alpha value is -2.16. The van der Waals surface area contributed by atoms with Gasteiger partial charge in [-0.1, -0.05) is 30.3 Å². The van der Waals surface area contributed by atoms with E-state index in [9.17, 15) is 9.90 Å². The Labute approximate surface area is 124 Å². The molecule has 0 saturated carbocycles. The van der Waals surface area contributed by atoms with Crippen LogP contribution in [0.3, 0.4) is 0 Å². The molecule has 2 aromatic carbocycles. The minimum absolute atomic E-state index is 0.485. The third kappa shape index (κ3) is 3.23. The highest BCUT2D eigenvalue weighted by molar-refractivity contribution is 9.10.